The van der Waals surface area contributed by atoms with Gasteiger partial charge in [-0.3, -0.25) is 0 Å². The molecule has 0 spiro atoms. The van der Waals surface area contributed by atoms with Crippen LogP contribution in [0.15, 0.2) is 158 Å². The molecule has 268 valence electrons. The maximum atomic E-state index is 13.8. The van der Waals surface area contributed by atoms with Crippen molar-refractivity contribution in [2.45, 2.75) is 113 Å². The molecule has 2 nitrogen and oxygen atoms in total. The molecule has 0 amide bonds. The highest BCUT2D eigenvalue weighted by Gasteiger charge is 2.27. The highest BCUT2D eigenvalue weighted by Crippen LogP contribution is 2.42. The Bertz CT molecular complexity index is 1840. The summed E-state index contributed by atoms with van der Waals surface area (Å²) in [6, 6.07) is 6.32. The van der Waals surface area contributed by atoms with Crippen molar-refractivity contribution in [2.75, 3.05) is 0 Å². The van der Waals surface area contributed by atoms with E-state index >= 15 is 0 Å². The van der Waals surface area contributed by atoms with Gasteiger partial charge in [0.1, 0.15) is 0 Å². The lowest BCUT2D eigenvalue weighted by Crippen LogP contribution is -2.19. The van der Waals surface area contributed by atoms with Crippen molar-refractivity contribution in [1.82, 2.24) is 0 Å². The Morgan fingerprint density at radius 2 is 1.08 bits per heavy atom. The number of hydrogen-bond acceptors (Lipinski definition) is 2. The minimum absolute atomic E-state index is 0.200. The van der Waals surface area contributed by atoms with E-state index in [1.165, 1.54) is 60.8 Å². The number of rotatable bonds is 12. The fourth-order valence-corrected chi connectivity index (χ4v) is 8.25. The smallest absolute Gasteiger partial charge is 0.206 e. The monoisotopic (exact) mass is 710 g/mol. The van der Waals surface area contributed by atoms with Crippen molar-refractivity contribution in [3.8, 4) is 0 Å². The predicted octanol–water partition coefficient (Wildman–Crippen LogP) is 14.1. The third-order valence-corrected chi connectivity index (χ3v) is 11.9. The van der Waals surface area contributed by atoms with Crippen molar-refractivity contribution in [2.24, 2.45) is 10.8 Å². The quantitative estimate of drug-likeness (QED) is 0.202. The molecule has 0 bridgehead atoms. The van der Waals surface area contributed by atoms with E-state index in [1.54, 1.807) is 36.4 Å². The molecule has 2 aliphatic carbocycles. The molecule has 0 N–H and O–H groups in total. The Kier molecular flexibility index (Phi) is 14.9. The van der Waals surface area contributed by atoms with Crippen LogP contribution in [0.3, 0.4) is 0 Å². The summed E-state index contributed by atoms with van der Waals surface area (Å²) in [7, 11) is -3.79. The summed E-state index contributed by atoms with van der Waals surface area (Å²) in [5.41, 5.74) is 10.3. The summed E-state index contributed by atoms with van der Waals surface area (Å²) in [5.74, 6) is 0. The summed E-state index contributed by atoms with van der Waals surface area (Å²) >= 11 is 6.08. The molecular weight excluding hydrogens is 652 g/mol. The number of hydrogen-bond donors (Lipinski definition) is 0. The Balaban J connectivity index is 1.85. The fourth-order valence-electron chi connectivity index (χ4n) is 6.77. The topological polar surface area (TPSA) is 34.1 Å². The first-order valence-corrected chi connectivity index (χ1v) is 19.8. The molecule has 0 aromatic heterocycles. The number of sulfone groups is 1. The molecule has 3 rings (SSSR count). The predicted molar refractivity (Wildman–Crippen MR) is 219 cm³/mol. The van der Waals surface area contributed by atoms with Crippen LogP contribution in [0.4, 0.5) is 0 Å². The molecule has 0 fully saturated rings. The van der Waals surface area contributed by atoms with E-state index in [0.717, 1.165) is 22.3 Å². The summed E-state index contributed by atoms with van der Waals surface area (Å²) < 4.78 is 27.6. The van der Waals surface area contributed by atoms with Crippen LogP contribution in [0.25, 0.3) is 0 Å². The molecule has 0 unspecified atom stereocenters. The summed E-state index contributed by atoms with van der Waals surface area (Å²) in [4.78, 5) is 0.418. The first-order valence-electron chi connectivity index (χ1n) is 18.0. The van der Waals surface area contributed by atoms with Gasteiger partial charge < -0.3 is 0 Å². The van der Waals surface area contributed by atoms with Crippen LogP contribution in [-0.4, -0.2) is 8.42 Å². The second kappa shape index (κ2) is 18.2. The van der Waals surface area contributed by atoms with Crippen molar-refractivity contribution in [3.63, 3.8) is 0 Å². The van der Waals surface area contributed by atoms with Gasteiger partial charge in [-0.15, -0.1) is 0 Å². The third kappa shape index (κ3) is 12.1. The molecule has 0 radical (unpaired) electrons. The van der Waals surface area contributed by atoms with Crippen LogP contribution in [-0.2, 0) is 9.84 Å². The van der Waals surface area contributed by atoms with Gasteiger partial charge >= 0.3 is 0 Å². The number of benzene rings is 1. The molecule has 1 aromatic carbocycles. The lowest BCUT2D eigenvalue weighted by Gasteiger charge is -2.33. The van der Waals surface area contributed by atoms with Crippen LogP contribution in [0.1, 0.15) is 108 Å². The zero-order chi connectivity index (χ0) is 37.1. The van der Waals surface area contributed by atoms with E-state index < -0.39 is 9.84 Å². The Hall–Kier alpha value is -3.40. The van der Waals surface area contributed by atoms with Gasteiger partial charge in [-0.1, -0.05) is 134 Å². The normalized spacial score (nSPS) is 20.4. The van der Waals surface area contributed by atoms with E-state index in [1.807, 2.05) is 44.2 Å². The van der Waals surface area contributed by atoms with Gasteiger partial charge in [-0.2, -0.15) is 0 Å². The molecule has 2 aliphatic rings. The lowest BCUT2D eigenvalue weighted by molar-refractivity contribution is 0.376. The average Bonchev–Trinajstić information content (AvgIpc) is 3.02. The van der Waals surface area contributed by atoms with Crippen molar-refractivity contribution in [3.05, 3.63) is 158 Å². The first kappa shape index (κ1) is 41.0. The van der Waals surface area contributed by atoms with Crippen LogP contribution in [0, 0.1) is 10.8 Å². The highest BCUT2D eigenvalue weighted by molar-refractivity contribution is 7.95. The van der Waals surface area contributed by atoms with Crippen LogP contribution >= 0.6 is 11.6 Å². The van der Waals surface area contributed by atoms with Crippen molar-refractivity contribution in [1.29, 1.82) is 0 Å². The van der Waals surface area contributed by atoms with E-state index in [2.05, 4.69) is 91.8 Å². The molecule has 0 heterocycles. The minimum Gasteiger partial charge on any atom is -0.219 e. The summed E-state index contributed by atoms with van der Waals surface area (Å²) in [6.45, 7) is 21.9. The summed E-state index contributed by atoms with van der Waals surface area (Å²) in [5, 5.41) is 0.493. The molecule has 1 aromatic rings. The second-order valence-electron chi connectivity index (χ2n) is 15.4. The van der Waals surface area contributed by atoms with Gasteiger partial charge in [0.25, 0.3) is 0 Å². The third-order valence-electron chi connectivity index (χ3n) is 9.86. The first-order chi connectivity index (χ1) is 23.4. The molecule has 50 heavy (non-hydrogen) atoms. The Morgan fingerprint density at radius 3 is 1.54 bits per heavy atom. The minimum atomic E-state index is -3.79. The van der Waals surface area contributed by atoms with E-state index in [-0.39, 0.29) is 20.6 Å². The van der Waals surface area contributed by atoms with E-state index in [4.69, 9.17) is 11.6 Å². The highest BCUT2D eigenvalue weighted by atomic mass is 35.5. The molecule has 0 aliphatic heterocycles. The number of halogens is 1. The van der Waals surface area contributed by atoms with Crippen molar-refractivity contribution < 1.29 is 8.42 Å². The molecule has 0 atom stereocenters. The van der Waals surface area contributed by atoms with Gasteiger partial charge in [-0.05, 0) is 144 Å². The van der Waals surface area contributed by atoms with E-state index in [9.17, 15) is 8.42 Å². The van der Waals surface area contributed by atoms with Crippen LogP contribution < -0.4 is 0 Å². The van der Waals surface area contributed by atoms with Crippen LogP contribution in [0.2, 0.25) is 5.02 Å². The Morgan fingerprint density at radius 1 is 0.640 bits per heavy atom. The van der Waals surface area contributed by atoms with Crippen LogP contribution in [0.5, 0.6) is 0 Å². The maximum Gasteiger partial charge on any atom is 0.206 e. The largest absolute Gasteiger partial charge is 0.219 e. The van der Waals surface area contributed by atoms with Gasteiger partial charge in [0, 0.05) is 5.02 Å². The molecule has 4 heteroatoms. The van der Waals surface area contributed by atoms with Gasteiger partial charge in [0.2, 0.25) is 9.84 Å². The molecule has 0 saturated heterocycles. The van der Waals surface area contributed by atoms with Crippen molar-refractivity contribution >= 4 is 21.4 Å². The fraction of sp³-hybridized carbons (Fsp3) is 0.391. The SMILES string of the molecule is CC1=C(/C=C/C(C)=C/C=C/C(C)=C/C=C(/C=C(C)/C=C/C=C(C)/C=C/C2=C(C)CCCC2(C)C)S(=O)(=O)c2ccc(Cl)cc2)C(C)(C)CCC1. The summed E-state index contributed by atoms with van der Waals surface area (Å²) in [6.07, 6.45) is 33.5. The zero-order valence-electron chi connectivity index (χ0n) is 32.2. The lowest BCUT2D eigenvalue weighted by atomic mass is 9.72. The standard InChI is InChI=1S/C46H59ClO2S/c1-34(15-11-16-35(2)22-29-43-38(5)19-13-31-45(43,7)8)21-26-42(50(48,49)41-27-24-40(47)25-28-41)33-37(4)18-12-17-36(3)23-30-44-39(6)20-14-32-46(44,9)10/h11-12,15-18,21-30,33H,13-14,19-20,31-32H2,1-10H3/b15-11+,18-12+,29-22+,30-23+,34-21+,35-16+,36-17+,37-33+,42-26-. The Labute approximate surface area is 309 Å². The second-order valence-corrected chi connectivity index (χ2v) is 17.8. The molecular formula is C46H59ClO2S. The van der Waals surface area contributed by atoms with Gasteiger partial charge in [0.05, 0.1) is 9.80 Å². The number of allylic oxidation sites excluding steroid dienone is 21. The van der Waals surface area contributed by atoms with E-state index in [0.29, 0.717) is 5.02 Å². The zero-order valence-corrected chi connectivity index (χ0v) is 33.7. The van der Waals surface area contributed by atoms with Gasteiger partial charge in [-0.25, -0.2) is 8.42 Å². The van der Waals surface area contributed by atoms with Gasteiger partial charge in [0.15, 0.2) is 0 Å². The molecule has 0 saturated carbocycles. The average molecular weight is 711 g/mol. The maximum absolute atomic E-state index is 13.8.